The molecule has 0 amide bonds. The fourth-order valence-corrected chi connectivity index (χ4v) is 8.34. The molecule has 17 heteroatoms. The number of H-pyrrole nitrogens is 2. The summed E-state index contributed by atoms with van der Waals surface area (Å²) in [6.45, 7) is 16.6. The molecule has 0 unspecified atom stereocenters. The predicted molar refractivity (Wildman–Crippen MR) is 260 cm³/mol. The van der Waals surface area contributed by atoms with Gasteiger partial charge in [0, 0.05) is 117 Å². The van der Waals surface area contributed by atoms with E-state index in [1.165, 1.54) is 18.7 Å². The number of aromatic hydroxyl groups is 1. The van der Waals surface area contributed by atoms with Gasteiger partial charge >= 0.3 is 0 Å². The van der Waals surface area contributed by atoms with Crippen LogP contribution in [0.1, 0.15) is 24.0 Å². The number of halogens is 3. The van der Waals surface area contributed by atoms with Crippen LogP contribution in [0.4, 0.5) is 8.78 Å². The van der Waals surface area contributed by atoms with Crippen LogP contribution in [0, 0.1) is 25.5 Å². The van der Waals surface area contributed by atoms with Crippen LogP contribution in [0.15, 0.2) is 85.7 Å². The zero-order valence-electron chi connectivity index (χ0n) is 38.4. The normalized spacial score (nSPS) is 15.1. The highest BCUT2D eigenvalue weighted by atomic mass is 35.5. The first-order valence-corrected chi connectivity index (χ1v) is 23.0. The monoisotopic (exact) mass is 934 g/mol. The summed E-state index contributed by atoms with van der Waals surface area (Å²) in [6, 6.07) is 17.4. The molecular weight excluding hydrogens is 878 g/mol. The van der Waals surface area contributed by atoms with Crippen molar-refractivity contribution in [3.63, 3.8) is 0 Å². The molecule has 4 aromatic heterocycles. The summed E-state index contributed by atoms with van der Waals surface area (Å²) >= 11 is 6.10. The molecule has 6 heterocycles. The third-order valence-corrected chi connectivity index (χ3v) is 12.5. The van der Waals surface area contributed by atoms with Crippen LogP contribution >= 0.6 is 11.6 Å². The van der Waals surface area contributed by atoms with Gasteiger partial charge in [0.2, 0.25) is 5.88 Å². The van der Waals surface area contributed by atoms with Crippen LogP contribution in [0.5, 0.6) is 28.9 Å². The van der Waals surface area contributed by atoms with Crippen molar-refractivity contribution in [3.8, 4) is 28.9 Å². The first-order valence-electron chi connectivity index (χ1n) is 22.6. The molecule has 4 aromatic carbocycles. The molecule has 14 nitrogen and oxygen atoms in total. The minimum atomic E-state index is -0.566. The zero-order chi connectivity index (χ0) is 46.9. The van der Waals surface area contributed by atoms with E-state index >= 15 is 0 Å². The number of likely N-dealkylation sites (N-methyl/N-ethyl adjacent to an activating group) is 2. The lowest BCUT2D eigenvalue weighted by molar-refractivity contribution is 0.145. The Hall–Kier alpha value is -6.17. The Morgan fingerprint density at radius 3 is 1.69 bits per heavy atom. The Balaban J connectivity index is 0.000000154. The SMILES string of the molecule is Cc1cc2c(Cl)ncnc2cc1OCCCN1CCN(C)CC1.Cc1cc2c(Oc3ccc4[nH]ccc4c3F)ncnc2cc1OCCCN1CCN(C)CC1.Oc1ccc2[nH]ccc2c1F. The van der Waals surface area contributed by atoms with Crippen molar-refractivity contribution in [3.05, 3.63) is 114 Å². The molecule has 0 saturated carbocycles. The van der Waals surface area contributed by atoms with E-state index in [1.54, 1.807) is 42.7 Å². The fraction of sp³-hybridized carbons (Fsp3) is 0.360. The van der Waals surface area contributed by atoms with E-state index in [1.807, 2.05) is 38.1 Å². The third kappa shape index (κ3) is 11.9. The van der Waals surface area contributed by atoms with Gasteiger partial charge in [0.15, 0.2) is 23.1 Å². The van der Waals surface area contributed by atoms with Crippen molar-refractivity contribution in [1.82, 2.24) is 49.5 Å². The average Bonchev–Trinajstić information content (AvgIpc) is 4.03. The number of piperazine rings is 2. The minimum absolute atomic E-state index is 0.129. The molecule has 2 aliphatic rings. The molecule has 2 aliphatic heterocycles. The second-order valence-corrected chi connectivity index (χ2v) is 17.4. The first-order chi connectivity index (χ1) is 32.5. The summed E-state index contributed by atoms with van der Waals surface area (Å²) in [5, 5.41) is 11.9. The number of hydrogen-bond acceptors (Lipinski definition) is 12. The van der Waals surface area contributed by atoms with Gasteiger partial charge in [-0.3, -0.25) is 0 Å². The number of phenolic OH excluding ortho intramolecular Hbond substituents is 1. The summed E-state index contributed by atoms with van der Waals surface area (Å²) in [7, 11) is 4.35. The molecular formula is C50H57ClF2N10O4. The first kappa shape index (κ1) is 47.3. The number of phenols is 1. The maximum Gasteiger partial charge on any atom is 0.230 e. The number of aromatic amines is 2. The Labute approximate surface area is 393 Å². The molecule has 2 saturated heterocycles. The average molecular weight is 936 g/mol. The molecule has 0 atom stereocenters. The largest absolute Gasteiger partial charge is 0.505 e. The molecule has 67 heavy (non-hydrogen) atoms. The van der Waals surface area contributed by atoms with Gasteiger partial charge in [-0.15, -0.1) is 0 Å². The Kier molecular flexibility index (Phi) is 15.6. The van der Waals surface area contributed by atoms with Gasteiger partial charge in [0.25, 0.3) is 0 Å². The summed E-state index contributed by atoms with van der Waals surface area (Å²) in [5.41, 5.74) is 4.96. The van der Waals surface area contributed by atoms with Crippen molar-refractivity contribution < 1.29 is 28.1 Å². The maximum atomic E-state index is 14.8. The topological polar surface area (TPSA) is 144 Å². The van der Waals surface area contributed by atoms with Gasteiger partial charge in [0.1, 0.15) is 29.3 Å². The standard InChI is InChI=1S/C25H28FN5O2.C17H23ClN4O.C8H6FNO/c1-17-14-19-21(15-23(17)32-13-3-8-31-11-9-30(2)10-12-31)28-16-29-25(19)33-22-5-4-20-18(24(22)26)6-7-27-20;1-13-10-14-15(19-12-20-17(14)18)11-16(13)23-9-3-4-22-7-5-21(2)6-8-22;9-8-5-3-4-10-6(5)1-2-7(8)11/h4-7,14-16,27H,3,8-13H2,1-2H3;10-12H,3-9H2,1-2H3;1-4,10-11H. The van der Waals surface area contributed by atoms with Gasteiger partial charge < -0.3 is 48.9 Å². The van der Waals surface area contributed by atoms with E-state index in [2.05, 4.69) is 63.6 Å². The number of benzene rings is 4. The smallest absolute Gasteiger partial charge is 0.230 e. The molecule has 352 valence electrons. The van der Waals surface area contributed by atoms with Gasteiger partial charge in [0.05, 0.1) is 29.6 Å². The second kappa shape index (κ2) is 22.1. The van der Waals surface area contributed by atoms with Gasteiger partial charge in [-0.25, -0.2) is 28.7 Å². The van der Waals surface area contributed by atoms with Crippen LogP contribution in [0.25, 0.3) is 43.6 Å². The fourth-order valence-electron chi connectivity index (χ4n) is 8.15. The van der Waals surface area contributed by atoms with Crippen molar-refractivity contribution in [2.75, 3.05) is 92.8 Å². The Bertz CT molecular complexity index is 2920. The van der Waals surface area contributed by atoms with Crippen molar-refractivity contribution in [2.24, 2.45) is 0 Å². The molecule has 0 bridgehead atoms. The van der Waals surface area contributed by atoms with Crippen molar-refractivity contribution >= 4 is 55.2 Å². The third-order valence-electron chi connectivity index (χ3n) is 12.2. The number of nitrogens with one attached hydrogen (secondary N) is 2. The highest BCUT2D eigenvalue weighted by Gasteiger charge is 2.17. The highest BCUT2D eigenvalue weighted by molar-refractivity contribution is 6.34. The number of ether oxygens (including phenoxy) is 3. The maximum absolute atomic E-state index is 14.8. The van der Waals surface area contributed by atoms with Crippen LogP contribution in [0.2, 0.25) is 5.15 Å². The number of nitrogens with zero attached hydrogens (tertiary/aromatic N) is 8. The molecule has 2 fully saturated rings. The zero-order valence-corrected chi connectivity index (χ0v) is 39.1. The van der Waals surface area contributed by atoms with Gasteiger partial charge in [-0.1, -0.05) is 11.6 Å². The van der Waals surface area contributed by atoms with E-state index in [0.29, 0.717) is 44.8 Å². The van der Waals surface area contributed by atoms with Gasteiger partial charge in [-0.05, 0) is 100 Å². The highest BCUT2D eigenvalue weighted by Crippen LogP contribution is 2.34. The van der Waals surface area contributed by atoms with E-state index in [0.717, 1.165) is 124 Å². The van der Waals surface area contributed by atoms with E-state index in [4.69, 9.17) is 30.9 Å². The van der Waals surface area contributed by atoms with E-state index in [9.17, 15) is 8.78 Å². The summed E-state index contributed by atoms with van der Waals surface area (Å²) < 4.78 is 45.7. The lowest BCUT2D eigenvalue weighted by Crippen LogP contribution is -2.44. The lowest BCUT2D eigenvalue weighted by atomic mass is 10.1. The van der Waals surface area contributed by atoms with E-state index in [-0.39, 0.29) is 11.5 Å². The van der Waals surface area contributed by atoms with Crippen LogP contribution < -0.4 is 14.2 Å². The molecule has 10 rings (SSSR count). The van der Waals surface area contributed by atoms with Crippen LogP contribution in [-0.4, -0.2) is 147 Å². The van der Waals surface area contributed by atoms with Crippen LogP contribution in [-0.2, 0) is 0 Å². The number of aromatic nitrogens is 6. The minimum Gasteiger partial charge on any atom is -0.505 e. The Morgan fingerprint density at radius 1 is 0.597 bits per heavy atom. The van der Waals surface area contributed by atoms with Gasteiger partial charge in [-0.2, -0.15) is 0 Å². The predicted octanol–water partition coefficient (Wildman–Crippen LogP) is 8.99. The number of hydrogen-bond donors (Lipinski definition) is 3. The number of rotatable bonds is 12. The quantitative estimate of drug-likeness (QED) is 0.0795. The van der Waals surface area contributed by atoms with Crippen molar-refractivity contribution in [2.45, 2.75) is 26.7 Å². The lowest BCUT2D eigenvalue weighted by Gasteiger charge is -2.32. The van der Waals surface area contributed by atoms with Crippen LogP contribution in [0.3, 0.4) is 0 Å². The Morgan fingerprint density at radius 2 is 1.10 bits per heavy atom. The molecule has 0 aliphatic carbocycles. The summed E-state index contributed by atoms with van der Waals surface area (Å²) in [6.07, 6.45) is 8.25. The number of fused-ring (bicyclic) bond motifs is 4. The van der Waals surface area contributed by atoms with Crippen molar-refractivity contribution in [1.29, 1.82) is 0 Å². The molecule has 0 spiro atoms. The number of aryl methyl sites for hydroxylation is 2. The summed E-state index contributed by atoms with van der Waals surface area (Å²) in [5.74, 6) is 0.831. The molecule has 0 radical (unpaired) electrons. The second-order valence-electron chi connectivity index (χ2n) is 17.1. The molecule has 8 aromatic rings. The van der Waals surface area contributed by atoms with E-state index < -0.39 is 11.6 Å². The summed E-state index contributed by atoms with van der Waals surface area (Å²) in [4.78, 5) is 32.5. The molecule has 3 N–H and O–H groups in total.